The van der Waals surface area contributed by atoms with Crippen molar-refractivity contribution >= 4 is 28.9 Å². The number of hydrogen-bond acceptors (Lipinski definition) is 3. The van der Waals surface area contributed by atoms with Gasteiger partial charge < -0.3 is 20.1 Å². The highest BCUT2D eigenvalue weighted by atomic mass is 32.1. The first-order valence-corrected chi connectivity index (χ1v) is 12.7. The van der Waals surface area contributed by atoms with E-state index in [1.165, 1.54) is 6.07 Å². The zero-order valence-electron chi connectivity index (χ0n) is 21.2. The number of amides is 1. The van der Waals surface area contributed by atoms with Crippen LogP contribution in [0.15, 0.2) is 85.1 Å². The van der Waals surface area contributed by atoms with Crippen molar-refractivity contribution in [1.29, 1.82) is 0 Å². The van der Waals surface area contributed by atoms with Gasteiger partial charge in [0.05, 0.1) is 23.3 Å². The minimum atomic E-state index is -4.46. The second-order valence-electron chi connectivity index (χ2n) is 9.38. The van der Waals surface area contributed by atoms with E-state index in [-0.39, 0.29) is 18.5 Å². The molecule has 6 nitrogen and oxygen atoms in total. The summed E-state index contributed by atoms with van der Waals surface area (Å²) in [6, 6.07) is 21.1. The maximum atomic E-state index is 13.5. The van der Waals surface area contributed by atoms with E-state index in [1.54, 1.807) is 29.0 Å². The largest absolute Gasteiger partial charge is 0.416 e. The normalized spacial score (nSPS) is 17.3. The highest BCUT2D eigenvalue weighted by Gasteiger charge is 2.42. The molecule has 0 aliphatic carbocycles. The lowest BCUT2D eigenvalue weighted by atomic mass is 9.96. The van der Waals surface area contributed by atoms with Crippen LogP contribution in [0, 0.1) is 13.8 Å². The second kappa shape index (κ2) is 10.5. The third-order valence-electron chi connectivity index (χ3n) is 6.79. The summed E-state index contributed by atoms with van der Waals surface area (Å²) in [5.41, 5.74) is 3.43. The van der Waals surface area contributed by atoms with Gasteiger partial charge in [-0.15, -0.1) is 0 Å². The zero-order chi connectivity index (χ0) is 27.7. The number of halogens is 3. The number of alkyl halides is 3. The van der Waals surface area contributed by atoms with Crippen LogP contribution in [0.1, 0.15) is 40.3 Å². The van der Waals surface area contributed by atoms with Crippen molar-refractivity contribution in [3.05, 3.63) is 113 Å². The molecule has 39 heavy (non-hydrogen) atoms. The van der Waals surface area contributed by atoms with Gasteiger partial charge in [-0.1, -0.05) is 30.3 Å². The summed E-state index contributed by atoms with van der Waals surface area (Å²) < 4.78 is 42.2. The zero-order valence-corrected chi connectivity index (χ0v) is 22.1. The average Bonchev–Trinajstić information content (AvgIpc) is 3.39. The molecule has 0 unspecified atom stereocenters. The fraction of sp³-hybridized carbons (Fsp3) is 0.207. The fourth-order valence-electron chi connectivity index (χ4n) is 5.10. The van der Waals surface area contributed by atoms with E-state index in [1.807, 2.05) is 61.2 Å². The molecule has 3 heterocycles. The Morgan fingerprint density at radius 3 is 2.46 bits per heavy atom. The van der Waals surface area contributed by atoms with Gasteiger partial charge in [0, 0.05) is 29.0 Å². The number of benzene rings is 2. The van der Waals surface area contributed by atoms with Gasteiger partial charge in [0.25, 0.3) is 0 Å². The molecule has 0 saturated carbocycles. The molecular formula is C29H26F3N5OS. The number of anilines is 1. The molecule has 2 aromatic carbocycles. The van der Waals surface area contributed by atoms with Gasteiger partial charge in [0.1, 0.15) is 6.54 Å². The Kier molecular flexibility index (Phi) is 7.14. The van der Waals surface area contributed by atoms with Crippen LogP contribution in [0.2, 0.25) is 0 Å². The summed E-state index contributed by atoms with van der Waals surface area (Å²) in [7, 11) is 0. The van der Waals surface area contributed by atoms with E-state index in [4.69, 9.17) is 12.2 Å². The van der Waals surface area contributed by atoms with Gasteiger partial charge in [-0.05, 0) is 80.2 Å². The van der Waals surface area contributed by atoms with Crippen LogP contribution < -0.4 is 10.6 Å². The third kappa shape index (κ3) is 5.37. The van der Waals surface area contributed by atoms with Gasteiger partial charge in [-0.3, -0.25) is 9.78 Å². The average molecular weight is 550 g/mol. The van der Waals surface area contributed by atoms with Crippen molar-refractivity contribution in [2.45, 2.75) is 32.1 Å². The van der Waals surface area contributed by atoms with Crippen molar-refractivity contribution in [3.63, 3.8) is 0 Å². The lowest BCUT2D eigenvalue weighted by molar-refractivity contribution is -0.137. The molecule has 0 radical (unpaired) electrons. The Bertz CT molecular complexity index is 1500. The Morgan fingerprint density at radius 2 is 1.77 bits per heavy atom. The first-order chi connectivity index (χ1) is 18.6. The van der Waals surface area contributed by atoms with Gasteiger partial charge in [-0.2, -0.15) is 13.2 Å². The minimum Gasteiger partial charge on any atom is -0.352 e. The molecule has 1 fully saturated rings. The second-order valence-corrected chi connectivity index (χ2v) is 9.77. The first kappa shape index (κ1) is 26.4. The number of pyridine rings is 1. The molecule has 5 rings (SSSR count). The Balaban J connectivity index is 1.55. The number of thiocarbonyl (C=S) groups is 1. The Labute approximate surface area is 229 Å². The molecule has 0 bridgehead atoms. The van der Waals surface area contributed by atoms with Gasteiger partial charge in [0.15, 0.2) is 5.11 Å². The number of carbonyl (C=O) groups is 1. The van der Waals surface area contributed by atoms with Crippen molar-refractivity contribution in [3.8, 4) is 5.69 Å². The quantitative estimate of drug-likeness (QED) is 0.284. The van der Waals surface area contributed by atoms with E-state index < -0.39 is 17.8 Å². The monoisotopic (exact) mass is 549 g/mol. The molecule has 2 N–H and O–H groups in total. The fourth-order valence-corrected chi connectivity index (χ4v) is 5.40. The highest BCUT2D eigenvalue weighted by Crippen LogP contribution is 2.41. The Morgan fingerprint density at radius 1 is 1.03 bits per heavy atom. The van der Waals surface area contributed by atoms with Crippen molar-refractivity contribution in [1.82, 2.24) is 19.8 Å². The highest BCUT2D eigenvalue weighted by molar-refractivity contribution is 7.80. The molecule has 0 spiro atoms. The number of aryl methyl sites for hydroxylation is 1. The van der Waals surface area contributed by atoms with Crippen LogP contribution in [-0.2, 0) is 11.0 Å². The predicted molar refractivity (Wildman–Crippen MR) is 147 cm³/mol. The summed E-state index contributed by atoms with van der Waals surface area (Å²) in [6.45, 7) is 3.68. The molecule has 2 aromatic heterocycles. The van der Waals surface area contributed by atoms with Crippen molar-refractivity contribution in [2.24, 2.45) is 0 Å². The Hall–Kier alpha value is -4.18. The SMILES string of the molecule is Cc1cc([C@H]2[C@@H](c3ccccn3)NC(=S)N2CC(=O)Nc2ccccc2)c(C)n1-c1cccc(C(F)(F)F)c1. The summed E-state index contributed by atoms with van der Waals surface area (Å²) >= 11 is 5.69. The van der Waals surface area contributed by atoms with Crippen LogP contribution in [0.3, 0.4) is 0 Å². The summed E-state index contributed by atoms with van der Waals surface area (Å²) in [5, 5.41) is 6.61. The summed E-state index contributed by atoms with van der Waals surface area (Å²) in [5.74, 6) is -0.247. The third-order valence-corrected chi connectivity index (χ3v) is 7.14. The number of carbonyl (C=O) groups excluding carboxylic acids is 1. The van der Waals surface area contributed by atoms with Gasteiger partial charge >= 0.3 is 6.18 Å². The summed E-state index contributed by atoms with van der Waals surface area (Å²) in [4.78, 5) is 19.4. The standard InChI is InChI=1S/C29H26F3N5OS/c1-18-15-23(19(2)37(18)22-12-8-9-20(16-22)29(30,31)32)27-26(24-13-6-7-14-33-24)35-28(39)36(27)17-25(38)34-21-10-4-3-5-11-21/h3-16,26-27H,17H2,1-2H3,(H,34,38)(H,35,39)/t26-,27+/m1/s1. The molecule has 1 amide bonds. The van der Waals surface area contributed by atoms with E-state index >= 15 is 0 Å². The first-order valence-electron chi connectivity index (χ1n) is 12.3. The molecule has 1 aliphatic heterocycles. The number of nitrogens with one attached hydrogen (secondary N) is 2. The van der Waals surface area contributed by atoms with Crippen LogP contribution in [0.25, 0.3) is 5.69 Å². The van der Waals surface area contributed by atoms with Crippen LogP contribution in [0.4, 0.5) is 18.9 Å². The number of rotatable bonds is 6. The lowest BCUT2D eigenvalue weighted by Crippen LogP contribution is -2.37. The van der Waals surface area contributed by atoms with Gasteiger partial charge in [-0.25, -0.2) is 0 Å². The number of nitrogens with zero attached hydrogens (tertiary/aromatic N) is 3. The molecule has 4 aromatic rings. The molecule has 200 valence electrons. The van der Waals surface area contributed by atoms with E-state index in [9.17, 15) is 18.0 Å². The lowest BCUT2D eigenvalue weighted by Gasteiger charge is -2.27. The smallest absolute Gasteiger partial charge is 0.352 e. The molecule has 1 aliphatic rings. The molecule has 2 atom stereocenters. The number of aromatic nitrogens is 2. The molecule has 1 saturated heterocycles. The molecule has 10 heteroatoms. The maximum Gasteiger partial charge on any atom is 0.416 e. The van der Waals surface area contributed by atoms with E-state index in [2.05, 4.69) is 15.6 Å². The number of hydrogen-bond donors (Lipinski definition) is 2. The topological polar surface area (TPSA) is 62.2 Å². The van der Waals surface area contributed by atoms with Crippen molar-refractivity contribution < 1.29 is 18.0 Å². The minimum absolute atomic E-state index is 0.0258. The van der Waals surface area contributed by atoms with Crippen LogP contribution >= 0.6 is 12.2 Å². The maximum absolute atomic E-state index is 13.5. The van der Waals surface area contributed by atoms with Gasteiger partial charge in [0.2, 0.25) is 5.91 Å². The van der Waals surface area contributed by atoms with E-state index in [0.29, 0.717) is 16.5 Å². The molecular weight excluding hydrogens is 523 g/mol. The summed E-state index contributed by atoms with van der Waals surface area (Å²) in [6.07, 6.45) is -2.77. The van der Waals surface area contributed by atoms with E-state index in [0.717, 1.165) is 34.8 Å². The van der Waals surface area contributed by atoms with Crippen molar-refractivity contribution in [2.75, 3.05) is 11.9 Å². The predicted octanol–water partition coefficient (Wildman–Crippen LogP) is 6.12. The number of para-hydroxylation sites is 1. The van der Waals surface area contributed by atoms with Crippen LogP contribution in [-0.4, -0.2) is 32.0 Å². The van der Waals surface area contributed by atoms with Crippen LogP contribution in [0.5, 0.6) is 0 Å².